The van der Waals surface area contributed by atoms with E-state index in [1.165, 1.54) is 30.6 Å². The van der Waals surface area contributed by atoms with Gasteiger partial charge in [-0.15, -0.1) is 0 Å². The van der Waals surface area contributed by atoms with Gasteiger partial charge in [-0.1, -0.05) is 11.6 Å². The fourth-order valence-corrected chi connectivity index (χ4v) is 2.38. The Labute approximate surface area is 104 Å². The molecule has 0 amide bonds. The summed E-state index contributed by atoms with van der Waals surface area (Å²) in [5.41, 5.74) is 0.697. The van der Waals surface area contributed by atoms with Crippen LogP contribution in [-0.2, 0) is 16.6 Å². The molecule has 90 valence electrons. The lowest BCUT2D eigenvalue weighted by molar-refractivity contribution is 0.580. The molecule has 0 saturated carbocycles. The molecular formula is C10H10ClN3O2S. The van der Waals surface area contributed by atoms with Crippen LogP contribution >= 0.6 is 11.6 Å². The van der Waals surface area contributed by atoms with Crippen molar-refractivity contribution in [1.82, 2.24) is 14.7 Å². The predicted octanol–water partition coefficient (Wildman–Crippen LogP) is 1.54. The average Bonchev–Trinajstić information content (AvgIpc) is 2.80. The highest BCUT2D eigenvalue weighted by atomic mass is 35.5. The van der Waals surface area contributed by atoms with Gasteiger partial charge in [0.25, 0.3) is 0 Å². The van der Waals surface area contributed by atoms with Crippen molar-refractivity contribution in [3.05, 3.63) is 47.5 Å². The van der Waals surface area contributed by atoms with E-state index in [4.69, 9.17) is 11.6 Å². The molecule has 2 rings (SSSR count). The van der Waals surface area contributed by atoms with Crippen molar-refractivity contribution in [3.8, 4) is 0 Å². The number of aromatic amines is 1. The van der Waals surface area contributed by atoms with Gasteiger partial charge in [-0.05, 0) is 24.3 Å². The third kappa shape index (κ3) is 3.06. The number of H-pyrrole nitrogens is 1. The Morgan fingerprint density at radius 2 is 2.00 bits per heavy atom. The molecule has 0 saturated heterocycles. The molecule has 5 nitrogen and oxygen atoms in total. The molecule has 0 atom stereocenters. The summed E-state index contributed by atoms with van der Waals surface area (Å²) in [6.07, 6.45) is 3.05. The molecule has 0 aliphatic carbocycles. The Bertz CT molecular complexity index is 579. The van der Waals surface area contributed by atoms with Crippen molar-refractivity contribution in [2.75, 3.05) is 0 Å². The van der Waals surface area contributed by atoms with Gasteiger partial charge in [-0.3, -0.25) is 0 Å². The second kappa shape index (κ2) is 4.87. The Kier molecular flexibility index (Phi) is 3.46. The quantitative estimate of drug-likeness (QED) is 0.886. The second-order valence-corrected chi connectivity index (χ2v) is 5.56. The number of halogens is 1. The van der Waals surface area contributed by atoms with Crippen LogP contribution < -0.4 is 4.72 Å². The van der Waals surface area contributed by atoms with Crippen molar-refractivity contribution < 1.29 is 8.42 Å². The molecule has 2 N–H and O–H groups in total. The van der Waals surface area contributed by atoms with E-state index in [-0.39, 0.29) is 11.4 Å². The number of nitrogens with zero attached hydrogens (tertiary/aromatic N) is 1. The monoisotopic (exact) mass is 271 g/mol. The minimum Gasteiger partial charge on any atom is -0.347 e. The van der Waals surface area contributed by atoms with Crippen LogP contribution in [0, 0.1) is 0 Å². The molecule has 7 heteroatoms. The summed E-state index contributed by atoms with van der Waals surface area (Å²) in [5.74, 6) is 0. The van der Waals surface area contributed by atoms with Crippen molar-refractivity contribution in [3.63, 3.8) is 0 Å². The van der Waals surface area contributed by atoms with Crippen LogP contribution in [0.15, 0.2) is 41.7 Å². The van der Waals surface area contributed by atoms with Gasteiger partial charge in [0.1, 0.15) is 0 Å². The largest absolute Gasteiger partial charge is 0.347 e. The normalized spacial score (nSPS) is 11.6. The predicted molar refractivity (Wildman–Crippen MR) is 64.1 cm³/mol. The Morgan fingerprint density at radius 1 is 1.29 bits per heavy atom. The molecule has 0 unspecified atom stereocenters. The number of imidazole rings is 1. The first kappa shape index (κ1) is 12.1. The lowest BCUT2D eigenvalue weighted by atomic mass is 10.4. The Hall–Kier alpha value is -1.37. The van der Waals surface area contributed by atoms with Crippen molar-refractivity contribution >= 4 is 21.6 Å². The molecular weight excluding hydrogens is 262 g/mol. The summed E-state index contributed by atoms with van der Waals surface area (Å²) in [6.45, 7) is 0.172. The zero-order chi connectivity index (χ0) is 12.3. The van der Waals surface area contributed by atoms with E-state index in [1.807, 2.05) is 0 Å². The van der Waals surface area contributed by atoms with Gasteiger partial charge in [-0.2, -0.15) is 0 Å². The highest BCUT2D eigenvalue weighted by Crippen LogP contribution is 2.13. The van der Waals surface area contributed by atoms with Gasteiger partial charge in [0, 0.05) is 16.9 Å². The summed E-state index contributed by atoms with van der Waals surface area (Å²) in [6, 6.07) is 5.98. The van der Waals surface area contributed by atoms with Gasteiger partial charge in [-0.25, -0.2) is 18.1 Å². The molecule has 1 heterocycles. The van der Waals surface area contributed by atoms with E-state index >= 15 is 0 Å². The second-order valence-electron chi connectivity index (χ2n) is 3.36. The van der Waals surface area contributed by atoms with E-state index < -0.39 is 10.0 Å². The third-order valence-corrected chi connectivity index (χ3v) is 3.80. The summed E-state index contributed by atoms with van der Waals surface area (Å²) in [5, 5.41) is 0.498. The maximum atomic E-state index is 11.9. The first-order valence-corrected chi connectivity index (χ1v) is 6.66. The van der Waals surface area contributed by atoms with Crippen LogP contribution in [0.2, 0.25) is 5.02 Å². The van der Waals surface area contributed by atoms with Gasteiger partial charge >= 0.3 is 0 Å². The van der Waals surface area contributed by atoms with E-state index in [2.05, 4.69) is 14.7 Å². The zero-order valence-corrected chi connectivity index (χ0v) is 10.3. The molecule has 1 aromatic carbocycles. The Morgan fingerprint density at radius 3 is 2.59 bits per heavy atom. The number of hydrogen-bond donors (Lipinski definition) is 2. The standard InChI is InChI=1S/C10H10ClN3O2S/c11-8-1-3-10(4-2-8)17(15,16)14-6-9-5-12-7-13-9/h1-5,7,14H,6H2,(H,12,13). The fraction of sp³-hybridized carbons (Fsp3) is 0.100. The van der Waals surface area contributed by atoms with E-state index in [1.54, 1.807) is 6.20 Å². The minimum atomic E-state index is -3.51. The first-order chi connectivity index (χ1) is 8.08. The van der Waals surface area contributed by atoms with Crippen LogP contribution in [0.25, 0.3) is 0 Å². The van der Waals surface area contributed by atoms with Crippen LogP contribution in [-0.4, -0.2) is 18.4 Å². The maximum absolute atomic E-state index is 11.9. The zero-order valence-electron chi connectivity index (χ0n) is 8.72. The topological polar surface area (TPSA) is 74.8 Å². The van der Waals surface area contributed by atoms with Crippen molar-refractivity contribution in [1.29, 1.82) is 0 Å². The SMILES string of the molecule is O=S(=O)(NCc1cnc[nH]1)c1ccc(Cl)cc1. The van der Waals surface area contributed by atoms with E-state index in [0.717, 1.165) is 0 Å². The summed E-state index contributed by atoms with van der Waals surface area (Å²) < 4.78 is 26.2. The van der Waals surface area contributed by atoms with Gasteiger partial charge in [0.15, 0.2) is 0 Å². The molecule has 0 spiro atoms. The van der Waals surface area contributed by atoms with E-state index in [9.17, 15) is 8.42 Å². The van der Waals surface area contributed by atoms with E-state index in [0.29, 0.717) is 10.7 Å². The Balaban J connectivity index is 2.11. The molecule has 0 bridgehead atoms. The molecule has 0 aliphatic heterocycles. The first-order valence-electron chi connectivity index (χ1n) is 4.80. The third-order valence-electron chi connectivity index (χ3n) is 2.13. The maximum Gasteiger partial charge on any atom is 0.240 e. The fourth-order valence-electron chi connectivity index (χ4n) is 1.25. The molecule has 0 aliphatic rings. The van der Waals surface area contributed by atoms with Crippen LogP contribution in [0.5, 0.6) is 0 Å². The lowest BCUT2D eigenvalue weighted by Gasteiger charge is -2.05. The number of hydrogen-bond acceptors (Lipinski definition) is 3. The molecule has 1 aromatic heterocycles. The summed E-state index contributed by atoms with van der Waals surface area (Å²) in [4.78, 5) is 6.79. The highest BCUT2D eigenvalue weighted by molar-refractivity contribution is 7.89. The van der Waals surface area contributed by atoms with Crippen LogP contribution in [0.3, 0.4) is 0 Å². The number of rotatable bonds is 4. The summed E-state index contributed by atoms with van der Waals surface area (Å²) >= 11 is 5.69. The number of sulfonamides is 1. The number of aromatic nitrogens is 2. The molecule has 0 radical (unpaired) electrons. The minimum absolute atomic E-state index is 0.172. The van der Waals surface area contributed by atoms with Gasteiger partial charge in [0.05, 0.1) is 17.8 Å². The molecule has 17 heavy (non-hydrogen) atoms. The van der Waals surface area contributed by atoms with Gasteiger partial charge in [0.2, 0.25) is 10.0 Å². The lowest BCUT2D eigenvalue weighted by Crippen LogP contribution is -2.23. The smallest absolute Gasteiger partial charge is 0.240 e. The molecule has 2 aromatic rings. The summed E-state index contributed by atoms with van der Waals surface area (Å²) in [7, 11) is -3.51. The number of nitrogens with one attached hydrogen (secondary N) is 2. The van der Waals surface area contributed by atoms with Gasteiger partial charge < -0.3 is 4.98 Å². The number of benzene rings is 1. The van der Waals surface area contributed by atoms with Crippen LogP contribution in [0.1, 0.15) is 5.69 Å². The van der Waals surface area contributed by atoms with Crippen molar-refractivity contribution in [2.45, 2.75) is 11.4 Å². The van der Waals surface area contributed by atoms with Crippen LogP contribution in [0.4, 0.5) is 0 Å². The molecule has 0 fully saturated rings. The van der Waals surface area contributed by atoms with Crippen molar-refractivity contribution in [2.24, 2.45) is 0 Å². The highest BCUT2D eigenvalue weighted by Gasteiger charge is 2.13. The average molecular weight is 272 g/mol.